The molecule has 3 aliphatic heterocycles. The van der Waals surface area contributed by atoms with E-state index < -0.39 is 36.7 Å². The second-order valence-corrected chi connectivity index (χ2v) is 14.5. The van der Waals surface area contributed by atoms with Crippen molar-refractivity contribution < 1.29 is 38.0 Å². The predicted octanol–water partition coefficient (Wildman–Crippen LogP) is 7.56. The van der Waals surface area contributed by atoms with Crippen LogP contribution in [0, 0.1) is 11.8 Å². The molecule has 10 atom stereocenters. The minimum absolute atomic E-state index is 0.0146. The average molecular weight is 722 g/mol. The van der Waals surface area contributed by atoms with Gasteiger partial charge in [-0.2, -0.15) is 0 Å². The van der Waals surface area contributed by atoms with E-state index in [1.54, 1.807) is 4.90 Å². The monoisotopic (exact) mass is 721 g/mol. The van der Waals surface area contributed by atoms with Crippen molar-refractivity contribution >= 4 is 6.09 Å². The van der Waals surface area contributed by atoms with E-state index in [9.17, 15) is 4.79 Å². The third-order valence-electron chi connectivity index (χ3n) is 10.8. The van der Waals surface area contributed by atoms with Crippen LogP contribution in [0.2, 0.25) is 0 Å². The summed E-state index contributed by atoms with van der Waals surface area (Å²) in [5.74, 6) is -0.170. The van der Waals surface area contributed by atoms with Crippen molar-refractivity contribution in [2.24, 2.45) is 11.8 Å². The number of hydrogen-bond donors (Lipinski definition) is 0. The topological polar surface area (TPSA) is 84.9 Å². The van der Waals surface area contributed by atoms with Crippen LogP contribution in [0.25, 0.3) is 0 Å². The average Bonchev–Trinajstić information content (AvgIpc) is 3.52. The Kier molecular flexibility index (Phi) is 12.5. The highest BCUT2D eigenvalue weighted by Crippen LogP contribution is 2.40. The molecule has 1 amide bonds. The molecule has 0 aliphatic carbocycles. The molecule has 0 radical (unpaired) electrons. The van der Waals surface area contributed by atoms with Crippen molar-refractivity contribution in [1.29, 1.82) is 0 Å². The summed E-state index contributed by atoms with van der Waals surface area (Å²) >= 11 is 0. The van der Waals surface area contributed by atoms with Crippen molar-refractivity contribution in [2.75, 3.05) is 13.2 Å². The van der Waals surface area contributed by atoms with Gasteiger partial charge in [-0.15, -0.1) is 0 Å². The van der Waals surface area contributed by atoms with Crippen molar-refractivity contribution in [3.8, 4) is 0 Å². The van der Waals surface area contributed by atoms with Gasteiger partial charge in [-0.3, -0.25) is 4.90 Å². The lowest BCUT2D eigenvalue weighted by molar-refractivity contribution is -0.317. The highest BCUT2D eigenvalue weighted by molar-refractivity contribution is 5.71. The highest BCUT2D eigenvalue weighted by atomic mass is 16.7. The van der Waals surface area contributed by atoms with Crippen LogP contribution in [-0.4, -0.2) is 73.2 Å². The zero-order valence-electron chi connectivity index (χ0n) is 30.8. The van der Waals surface area contributed by atoms with E-state index in [1.807, 2.05) is 109 Å². The smallest absolute Gasteiger partial charge is 0.410 e. The van der Waals surface area contributed by atoms with Gasteiger partial charge in [0.05, 0.1) is 51.3 Å². The maximum absolute atomic E-state index is 13.7. The van der Waals surface area contributed by atoms with Gasteiger partial charge >= 0.3 is 6.09 Å². The molecule has 3 saturated heterocycles. The van der Waals surface area contributed by atoms with E-state index in [4.69, 9.17) is 33.2 Å². The van der Waals surface area contributed by atoms with Gasteiger partial charge in [0.15, 0.2) is 6.29 Å². The quantitative estimate of drug-likeness (QED) is 0.124. The van der Waals surface area contributed by atoms with Crippen LogP contribution in [0.15, 0.2) is 121 Å². The number of nitrogens with zero attached hydrogens (tertiary/aromatic N) is 1. The molecule has 280 valence electrons. The lowest BCUT2D eigenvalue weighted by Gasteiger charge is -2.49. The summed E-state index contributed by atoms with van der Waals surface area (Å²) in [7, 11) is 0. The minimum atomic E-state index is -0.856. The first kappa shape index (κ1) is 37.2. The van der Waals surface area contributed by atoms with E-state index >= 15 is 0 Å². The summed E-state index contributed by atoms with van der Waals surface area (Å²) in [5.41, 5.74) is 4.20. The lowest BCUT2D eigenvalue weighted by Crippen LogP contribution is -2.63. The first-order valence-corrected chi connectivity index (χ1v) is 18.8. The van der Waals surface area contributed by atoms with Crippen LogP contribution in [0.3, 0.4) is 0 Å². The Balaban J connectivity index is 1.17. The molecule has 0 bridgehead atoms. The number of carbonyl (C=O) groups is 1. The molecular weight excluding hydrogens is 670 g/mol. The third kappa shape index (κ3) is 9.18. The Labute approximate surface area is 313 Å². The Morgan fingerprint density at radius 2 is 1.09 bits per heavy atom. The molecule has 3 aliphatic rings. The van der Waals surface area contributed by atoms with Crippen molar-refractivity contribution in [3.63, 3.8) is 0 Å². The van der Waals surface area contributed by atoms with E-state index in [1.165, 1.54) is 0 Å². The fraction of sp³-hybridized carbons (Fsp3) is 0.432. The van der Waals surface area contributed by atoms with Crippen LogP contribution < -0.4 is 0 Å². The number of rotatable bonds is 15. The van der Waals surface area contributed by atoms with E-state index in [-0.39, 0.29) is 36.7 Å². The standard InChI is InChI=1S/C44H51NO8/c1-30-32(3)50-38(29-48-26-35-20-12-6-13-21-35)42(41(30)49-27-36-22-14-7-15-23-36)52-43-39-40(53-44(46)45(39)24-33-16-8-4-9-17-33)31(2)37(51-43)28-47-25-34-18-10-5-11-19-34/h4-23,30-32,37-43H,24-29H2,1-3H3/t30?,31-,32-,37?,38?,39?,40-,41+,42-,43-/m0/s1. The molecule has 0 N–H and O–H groups in total. The third-order valence-corrected chi connectivity index (χ3v) is 10.8. The van der Waals surface area contributed by atoms with Gasteiger partial charge in [0.25, 0.3) is 0 Å². The van der Waals surface area contributed by atoms with Crippen molar-refractivity contribution in [3.05, 3.63) is 144 Å². The summed E-state index contributed by atoms with van der Waals surface area (Å²) in [4.78, 5) is 15.4. The molecule has 9 heteroatoms. The van der Waals surface area contributed by atoms with Crippen molar-refractivity contribution in [1.82, 2.24) is 4.90 Å². The molecule has 0 saturated carbocycles. The first-order valence-electron chi connectivity index (χ1n) is 18.8. The number of ether oxygens (including phenoxy) is 7. The Bertz CT molecular complexity index is 1700. The van der Waals surface area contributed by atoms with Crippen LogP contribution >= 0.6 is 0 Å². The van der Waals surface area contributed by atoms with Crippen LogP contribution in [0.5, 0.6) is 0 Å². The second kappa shape index (κ2) is 17.8. The highest BCUT2D eigenvalue weighted by Gasteiger charge is 2.57. The molecular formula is C44H51NO8. The van der Waals surface area contributed by atoms with Crippen LogP contribution in [0.4, 0.5) is 4.79 Å². The zero-order valence-corrected chi connectivity index (χ0v) is 30.8. The maximum atomic E-state index is 13.7. The number of amides is 1. The van der Waals surface area contributed by atoms with Gasteiger partial charge in [-0.05, 0) is 29.2 Å². The molecule has 53 heavy (non-hydrogen) atoms. The van der Waals surface area contributed by atoms with Gasteiger partial charge in [0, 0.05) is 18.4 Å². The van der Waals surface area contributed by atoms with Gasteiger partial charge in [0.2, 0.25) is 0 Å². The molecule has 4 unspecified atom stereocenters. The summed E-state index contributed by atoms with van der Waals surface area (Å²) in [5, 5.41) is 0. The SMILES string of the molecule is CC1[C@H](C)OC(COCc2ccccc2)[C@H](O[C@@H]2OC(COCc3ccccc3)[C@H](C)[C@@H]3OC(=O)N(Cc4ccccc4)C23)[C@@H]1OCc1ccccc1. The Morgan fingerprint density at radius 1 is 0.585 bits per heavy atom. The maximum Gasteiger partial charge on any atom is 0.410 e. The first-order chi connectivity index (χ1) is 25.9. The number of carbonyl (C=O) groups excluding carboxylic acids is 1. The summed E-state index contributed by atoms with van der Waals surface area (Å²) in [6, 6.07) is 39.7. The molecule has 3 fully saturated rings. The fourth-order valence-corrected chi connectivity index (χ4v) is 7.57. The predicted molar refractivity (Wildman–Crippen MR) is 199 cm³/mol. The molecule has 7 rings (SSSR count). The van der Waals surface area contributed by atoms with Crippen molar-refractivity contribution in [2.45, 2.75) is 96.1 Å². The lowest BCUT2D eigenvalue weighted by atomic mass is 9.87. The summed E-state index contributed by atoms with van der Waals surface area (Å²) in [6.45, 7) is 8.50. The van der Waals surface area contributed by atoms with E-state index in [0.717, 1.165) is 22.3 Å². The summed E-state index contributed by atoms with van der Waals surface area (Å²) in [6.07, 6.45) is -3.66. The van der Waals surface area contributed by atoms with E-state index in [2.05, 4.69) is 32.9 Å². The van der Waals surface area contributed by atoms with Gasteiger partial charge < -0.3 is 33.2 Å². The molecule has 0 aromatic heterocycles. The largest absolute Gasteiger partial charge is 0.443 e. The Morgan fingerprint density at radius 3 is 1.66 bits per heavy atom. The number of benzene rings is 4. The number of hydrogen-bond acceptors (Lipinski definition) is 8. The van der Waals surface area contributed by atoms with Gasteiger partial charge in [-0.1, -0.05) is 135 Å². The van der Waals surface area contributed by atoms with Crippen LogP contribution in [0.1, 0.15) is 43.0 Å². The molecule has 3 heterocycles. The number of fused-ring (bicyclic) bond motifs is 1. The molecule has 9 nitrogen and oxygen atoms in total. The molecule has 4 aromatic rings. The molecule has 0 spiro atoms. The second-order valence-electron chi connectivity index (χ2n) is 14.5. The summed E-state index contributed by atoms with van der Waals surface area (Å²) < 4.78 is 46.2. The normalized spacial score (nSPS) is 29.8. The fourth-order valence-electron chi connectivity index (χ4n) is 7.57. The zero-order chi connectivity index (χ0) is 36.6. The minimum Gasteiger partial charge on any atom is -0.443 e. The van der Waals surface area contributed by atoms with E-state index in [0.29, 0.717) is 33.0 Å². The molecule has 4 aromatic carbocycles. The van der Waals surface area contributed by atoms with Gasteiger partial charge in [-0.25, -0.2) is 4.79 Å². The Hall–Kier alpha value is -4.09. The van der Waals surface area contributed by atoms with Crippen LogP contribution in [-0.2, 0) is 59.5 Å². The van der Waals surface area contributed by atoms with Gasteiger partial charge in [0.1, 0.15) is 24.4 Å².